The molecule has 0 heterocycles. The first-order valence-electron chi connectivity index (χ1n) is 6.05. The van der Waals surface area contributed by atoms with Crippen LogP contribution in [0.1, 0.15) is 20.3 Å². The van der Waals surface area contributed by atoms with Gasteiger partial charge in [0.2, 0.25) is 0 Å². The van der Waals surface area contributed by atoms with E-state index in [4.69, 9.17) is 9.79 Å². The fraction of sp³-hybridized carbons (Fsp3) is 0.364. The van der Waals surface area contributed by atoms with Gasteiger partial charge in [-0.25, -0.2) is 17.9 Å². The highest BCUT2D eigenvalue weighted by Crippen LogP contribution is 2.33. The molecule has 1 aromatic rings. The van der Waals surface area contributed by atoms with Gasteiger partial charge in [0.1, 0.15) is 0 Å². The Labute approximate surface area is 122 Å². The molecule has 2 amide bonds. The van der Waals surface area contributed by atoms with Crippen molar-refractivity contribution in [2.24, 2.45) is 0 Å². The predicted molar refractivity (Wildman–Crippen MR) is 76.7 cm³/mol. The van der Waals surface area contributed by atoms with Crippen LogP contribution in [0.3, 0.4) is 0 Å². The minimum absolute atomic E-state index is 0.183. The molecule has 0 aliphatic heterocycles. The second kappa shape index (κ2) is 6.57. The molecule has 1 unspecified atom stereocenters. The number of carbonyl (C=O) groups is 1. The number of nitrogens with one attached hydrogen (secondary N) is 2. The quantitative estimate of drug-likeness (QED) is 0.571. The smallest absolute Gasteiger partial charge is 0.335 e. The SMILES string of the molecule is CCC(C)NC(=O)NS(=O)(=O)c1ccc(P(=O)(O)O)cc1. The lowest BCUT2D eigenvalue weighted by Gasteiger charge is -2.13. The van der Waals surface area contributed by atoms with E-state index in [0.29, 0.717) is 6.42 Å². The number of benzene rings is 1. The van der Waals surface area contributed by atoms with Crippen molar-refractivity contribution in [2.75, 3.05) is 0 Å². The molecule has 0 aromatic heterocycles. The molecule has 0 saturated carbocycles. The second-order valence-corrected chi connectivity index (χ2v) is 7.71. The summed E-state index contributed by atoms with van der Waals surface area (Å²) in [5.41, 5.74) is 0. The van der Waals surface area contributed by atoms with Crippen LogP contribution >= 0.6 is 7.60 Å². The van der Waals surface area contributed by atoms with Gasteiger partial charge in [0.05, 0.1) is 10.2 Å². The van der Waals surface area contributed by atoms with E-state index in [1.807, 2.05) is 11.6 Å². The predicted octanol–water partition coefficient (Wildman–Crippen LogP) is 0.276. The molecular formula is C11H17N2O6PS. The number of sulfonamides is 1. The summed E-state index contributed by atoms with van der Waals surface area (Å²) in [7, 11) is -8.53. The lowest BCUT2D eigenvalue weighted by atomic mass is 10.3. The summed E-state index contributed by atoms with van der Waals surface area (Å²) in [4.78, 5) is 29.1. The van der Waals surface area contributed by atoms with Crippen molar-refractivity contribution in [1.29, 1.82) is 0 Å². The van der Waals surface area contributed by atoms with Crippen LogP contribution in [0.25, 0.3) is 0 Å². The molecule has 8 nitrogen and oxygen atoms in total. The highest BCUT2D eigenvalue weighted by atomic mass is 32.2. The lowest BCUT2D eigenvalue weighted by Crippen LogP contribution is -2.43. The van der Waals surface area contributed by atoms with E-state index in [1.54, 1.807) is 6.92 Å². The third kappa shape index (κ3) is 5.13. The number of urea groups is 1. The standard InChI is InChI=1S/C11H17N2O6PS/c1-3-8(2)12-11(14)13-21(18,19)10-6-4-9(5-7-10)20(15,16)17/h4-8H,3H2,1-2H3,(H2,12,13,14)(H2,15,16,17). The first-order valence-corrected chi connectivity index (χ1v) is 9.15. The molecule has 0 aliphatic rings. The van der Waals surface area contributed by atoms with E-state index < -0.39 is 23.7 Å². The van der Waals surface area contributed by atoms with Crippen molar-refractivity contribution in [1.82, 2.24) is 10.0 Å². The Morgan fingerprint density at radius 3 is 2.24 bits per heavy atom. The van der Waals surface area contributed by atoms with Gasteiger partial charge in [0.15, 0.2) is 0 Å². The van der Waals surface area contributed by atoms with Crippen molar-refractivity contribution in [2.45, 2.75) is 31.2 Å². The Morgan fingerprint density at radius 2 is 1.81 bits per heavy atom. The zero-order valence-corrected chi connectivity index (χ0v) is 13.2. The third-order valence-corrected chi connectivity index (χ3v) is 5.02. The minimum Gasteiger partial charge on any atom is -0.335 e. The normalized spacial score (nSPS) is 13.5. The first-order chi connectivity index (χ1) is 9.56. The fourth-order valence-electron chi connectivity index (χ4n) is 1.36. The molecule has 1 atom stereocenters. The Balaban J connectivity index is 2.89. The Bertz CT molecular complexity index is 652. The molecule has 118 valence electrons. The van der Waals surface area contributed by atoms with Gasteiger partial charge in [-0.15, -0.1) is 0 Å². The van der Waals surface area contributed by atoms with E-state index in [2.05, 4.69) is 5.32 Å². The average molecular weight is 336 g/mol. The highest BCUT2D eigenvalue weighted by Gasteiger charge is 2.21. The Morgan fingerprint density at radius 1 is 1.29 bits per heavy atom. The van der Waals surface area contributed by atoms with Gasteiger partial charge in [-0.05, 0) is 37.6 Å². The third-order valence-electron chi connectivity index (χ3n) is 2.70. The van der Waals surface area contributed by atoms with Gasteiger partial charge in [-0.1, -0.05) is 6.92 Å². The van der Waals surface area contributed by atoms with Crippen molar-refractivity contribution < 1.29 is 27.6 Å². The van der Waals surface area contributed by atoms with Gasteiger partial charge >= 0.3 is 13.6 Å². The van der Waals surface area contributed by atoms with Crippen molar-refractivity contribution in [3.05, 3.63) is 24.3 Å². The number of hydrogen-bond acceptors (Lipinski definition) is 4. The fourth-order valence-corrected chi connectivity index (χ4v) is 2.81. The molecule has 1 aromatic carbocycles. The summed E-state index contributed by atoms with van der Waals surface area (Å²) >= 11 is 0. The largest absolute Gasteiger partial charge is 0.356 e. The van der Waals surface area contributed by atoms with Crippen LogP contribution in [-0.2, 0) is 14.6 Å². The van der Waals surface area contributed by atoms with Crippen LogP contribution in [0, 0.1) is 0 Å². The zero-order chi connectivity index (χ0) is 16.3. The van der Waals surface area contributed by atoms with Crippen LogP contribution in [0.15, 0.2) is 29.2 Å². The minimum atomic E-state index is -4.44. The summed E-state index contributed by atoms with van der Waals surface area (Å²) in [6.07, 6.45) is 0.643. The molecular weight excluding hydrogens is 319 g/mol. The van der Waals surface area contributed by atoms with E-state index in [-0.39, 0.29) is 16.2 Å². The van der Waals surface area contributed by atoms with Crippen LogP contribution in [0.2, 0.25) is 0 Å². The second-order valence-electron chi connectivity index (χ2n) is 4.43. The van der Waals surface area contributed by atoms with Crippen molar-refractivity contribution in [3.8, 4) is 0 Å². The zero-order valence-electron chi connectivity index (χ0n) is 11.5. The van der Waals surface area contributed by atoms with Gasteiger partial charge < -0.3 is 15.1 Å². The molecule has 0 aliphatic carbocycles. The molecule has 10 heteroatoms. The lowest BCUT2D eigenvalue weighted by molar-refractivity contribution is 0.242. The van der Waals surface area contributed by atoms with Gasteiger partial charge in [0, 0.05) is 6.04 Å². The first kappa shape index (κ1) is 17.6. The van der Waals surface area contributed by atoms with Crippen molar-refractivity contribution >= 4 is 29.0 Å². The summed E-state index contributed by atoms with van der Waals surface area (Å²) in [6, 6.07) is 3.00. The molecule has 0 spiro atoms. The van der Waals surface area contributed by atoms with Crippen LogP contribution in [-0.4, -0.2) is 30.3 Å². The topological polar surface area (TPSA) is 133 Å². The van der Waals surface area contributed by atoms with Gasteiger partial charge in [-0.3, -0.25) is 4.57 Å². The monoisotopic (exact) mass is 336 g/mol. The van der Waals surface area contributed by atoms with Gasteiger partial charge in [-0.2, -0.15) is 0 Å². The van der Waals surface area contributed by atoms with E-state index in [1.165, 1.54) is 0 Å². The van der Waals surface area contributed by atoms with Crippen LogP contribution in [0.5, 0.6) is 0 Å². The molecule has 1 rings (SSSR count). The molecule has 0 saturated heterocycles. The highest BCUT2D eigenvalue weighted by molar-refractivity contribution is 7.90. The number of hydrogen-bond donors (Lipinski definition) is 4. The van der Waals surface area contributed by atoms with E-state index in [0.717, 1.165) is 24.3 Å². The molecule has 0 bridgehead atoms. The summed E-state index contributed by atoms with van der Waals surface area (Å²) in [6.45, 7) is 3.56. The number of rotatable bonds is 5. The van der Waals surface area contributed by atoms with Crippen LogP contribution in [0.4, 0.5) is 4.79 Å². The van der Waals surface area contributed by atoms with E-state index >= 15 is 0 Å². The number of carbonyl (C=O) groups excluding carboxylic acids is 1. The summed E-state index contributed by atoms with van der Waals surface area (Å²) < 4.78 is 36.6. The summed E-state index contributed by atoms with van der Waals surface area (Å²) in [5, 5.41) is 2.14. The number of amides is 2. The van der Waals surface area contributed by atoms with E-state index in [9.17, 15) is 17.8 Å². The molecule has 0 radical (unpaired) electrons. The molecule has 21 heavy (non-hydrogen) atoms. The Hall–Kier alpha value is -1.41. The Kier molecular flexibility index (Phi) is 5.52. The maximum atomic E-state index is 11.9. The average Bonchev–Trinajstić information content (AvgIpc) is 2.37. The molecule has 4 N–H and O–H groups in total. The maximum absolute atomic E-state index is 11.9. The maximum Gasteiger partial charge on any atom is 0.356 e. The van der Waals surface area contributed by atoms with Crippen LogP contribution < -0.4 is 15.3 Å². The van der Waals surface area contributed by atoms with Gasteiger partial charge in [0.25, 0.3) is 10.0 Å². The molecule has 0 fully saturated rings. The summed E-state index contributed by atoms with van der Waals surface area (Å²) in [5.74, 6) is 0. The van der Waals surface area contributed by atoms with Crippen molar-refractivity contribution in [3.63, 3.8) is 0 Å².